The van der Waals surface area contributed by atoms with Gasteiger partial charge in [-0.05, 0) is 53.3 Å². The van der Waals surface area contributed by atoms with Gasteiger partial charge in [-0.3, -0.25) is 0 Å². The van der Waals surface area contributed by atoms with E-state index in [1.165, 1.54) is 0 Å². The van der Waals surface area contributed by atoms with Crippen molar-refractivity contribution in [2.75, 3.05) is 5.32 Å². The number of nitrogens with one attached hydrogen (secondary N) is 1. The third kappa shape index (κ3) is 3.68. The molecular weight excluding hydrogens is 317 g/mol. The summed E-state index contributed by atoms with van der Waals surface area (Å²) < 4.78 is 0. The highest BCUT2D eigenvalue weighted by atomic mass is 35.5. The topological polar surface area (TPSA) is 32.3 Å². The second-order valence-corrected chi connectivity index (χ2v) is 6.88. The molecule has 2 aromatic rings. The Hall–Kier alpha value is -1.38. The van der Waals surface area contributed by atoms with Crippen LogP contribution in [0.3, 0.4) is 0 Å². The summed E-state index contributed by atoms with van der Waals surface area (Å²) in [5, 5.41) is 14.8. The lowest BCUT2D eigenvalue weighted by Gasteiger charge is -2.18. The highest BCUT2D eigenvalue weighted by Gasteiger charge is 2.15. The van der Waals surface area contributed by atoms with Crippen LogP contribution in [0.15, 0.2) is 30.3 Å². The van der Waals surface area contributed by atoms with Crippen molar-refractivity contribution in [1.29, 1.82) is 0 Å². The summed E-state index contributed by atoms with van der Waals surface area (Å²) >= 11 is 12.0. The lowest BCUT2D eigenvalue weighted by molar-refractivity contribution is 0.454. The molecule has 0 aromatic heterocycles. The Labute approximate surface area is 142 Å². The van der Waals surface area contributed by atoms with Crippen molar-refractivity contribution in [2.45, 2.75) is 39.5 Å². The average molecular weight is 338 g/mol. The summed E-state index contributed by atoms with van der Waals surface area (Å²) in [6.45, 7) is 8.29. The molecule has 0 radical (unpaired) electrons. The number of hydrogen-bond donors (Lipinski definition) is 2. The molecule has 4 heteroatoms. The maximum Gasteiger partial charge on any atom is 0.122 e. The van der Waals surface area contributed by atoms with Crippen LogP contribution in [0, 0.1) is 0 Å². The van der Waals surface area contributed by atoms with Crippen LogP contribution in [0.25, 0.3) is 0 Å². The van der Waals surface area contributed by atoms with Gasteiger partial charge >= 0.3 is 0 Å². The van der Waals surface area contributed by atoms with Crippen molar-refractivity contribution in [1.82, 2.24) is 0 Å². The van der Waals surface area contributed by atoms with E-state index in [-0.39, 0.29) is 11.8 Å². The lowest BCUT2D eigenvalue weighted by atomic mass is 9.93. The molecule has 0 aliphatic rings. The van der Waals surface area contributed by atoms with Crippen LogP contribution in [-0.2, 0) is 0 Å². The highest BCUT2D eigenvalue weighted by molar-refractivity contribution is 6.42. The summed E-state index contributed by atoms with van der Waals surface area (Å²) in [4.78, 5) is 0. The molecule has 2 N–H and O–H groups in total. The van der Waals surface area contributed by atoms with Gasteiger partial charge in [0.05, 0.1) is 10.0 Å². The Morgan fingerprint density at radius 3 is 1.82 bits per heavy atom. The predicted molar refractivity (Wildman–Crippen MR) is 96.0 cm³/mol. The zero-order valence-corrected chi connectivity index (χ0v) is 14.8. The third-order valence-corrected chi connectivity index (χ3v) is 4.36. The molecule has 0 atom stereocenters. The van der Waals surface area contributed by atoms with Gasteiger partial charge in [0.25, 0.3) is 0 Å². The second-order valence-electron chi connectivity index (χ2n) is 6.07. The lowest BCUT2D eigenvalue weighted by Crippen LogP contribution is -1.99. The summed E-state index contributed by atoms with van der Waals surface area (Å²) in [6.07, 6.45) is 0. The third-order valence-electron chi connectivity index (χ3n) is 3.62. The normalized spacial score (nSPS) is 11.3. The molecule has 0 aliphatic carbocycles. The van der Waals surface area contributed by atoms with Gasteiger partial charge in [0, 0.05) is 11.4 Å². The molecule has 0 spiro atoms. The minimum absolute atomic E-state index is 0.244. The van der Waals surface area contributed by atoms with E-state index in [1.807, 2.05) is 18.2 Å². The molecule has 0 bridgehead atoms. The van der Waals surface area contributed by atoms with Crippen LogP contribution in [0.1, 0.15) is 50.7 Å². The molecule has 2 nitrogen and oxygen atoms in total. The SMILES string of the molecule is CC(C)c1cc(Nc2ccc(Cl)c(Cl)c2)cc(C(C)C)c1O. The average Bonchev–Trinajstić information content (AvgIpc) is 2.44. The molecular formula is C18H21Cl2NO. The van der Waals surface area contributed by atoms with Crippen molar-refractivity contribution in [3.8, 4) is 5.75 Å². The van der Waals surface area contributed by atoms with Gasteiger partial charge in [0.1, 0.15) is 5.75 Å². The van der Waals surface area contributed by atoms with E-state index >= 15 is 0 Å². The van der Waals surface area contributed by atoms with E-state index in [0.29, 0.717) is 15.8 Å². The molecule has 0 aliphatic heterocycles. The quantitative estimate of drug-likeness (QED) is 0.609. The summed E-state index contributed by atoms with van der Waals surface area (Å²) in [5.41, 5.74) is 3.68. The van der Waals surface area contributed by atoms with Gasteiger partial charge < -0.3 is 10.4 Å². The number of anilines is 2. The summed E-state index contributed by atoms with van der Waals surface area (Å²) in [7, 11) is 0. The molecule has 2 rings (SSSR count). The number of phenolic OH excluding ortho intramolecular Hbond substituents is 1. The van der Waals surface area contributed by atoms with Crippen molar-refractivity contribution < 1.29 is 5.11 Å². The molecule has 0 unspecified atom stereocenters. The first-order chi connectivity index (χ1) is 10.3. The van der Waals surface area contributed by atoms with Gasteiger partial charge in [-0.15, -0.1) is 0 Å². The fourth-order valence-electron chi connectivity index (χ4n) is 2.37. The van der Waals surface area contributed by atoms with Gasteiger partial charge in [-0.1, -0.05) is 50.9 Å². The zero-order valence-electron chi connectivity index (χ0n) is 13.2. The maximum absolute atomic E-state index is 10.4. The molecule has 118 valence electrons. The number of rotatable bonds is 4. The fourth-order valence-corrected chi connectivity index (χ4v) is 2.67. The first-order valence-electron chi connectivity index (χ1n) is 7.38. The molecule has 0 heterocycles. The van der Waals surface area contributed by atoms with Crippen LogP contribution in [0.2, 0.25) is 10.0 Å². The number of benzene rings is 2. The molecule has 0 saturated carbocycles. The standard InChI is InChI=1S/C18H21Cl2NO/c1-10(2)14-7-13(8-15(11(3)4)18(14)22)21-12-5-6-16(19)17(20)9-12/h5-11,21-22H,1-4H3. The number of halogens is 2. The van der Waals surface area contributed by atoms with Crippen LogP contribution >= 0.6 is 23.2 Å². The molecule has 0 saturated heterocycles. The van der Waals surface area contributed by atoms with Crippen molar-refractivity contribution in [2.24, 2.45) is 0 Å². The van der Waals surface area contributed by atoms with Crippen LogP contribution in [0.5, 0.6) is 5.75 Å². The van der Waals surface area contributed by atoms with E-state index in [9.17, 15) is 5.11 Å². The summed E-state index contributed by atoms with van der Waals surface area (Å²) in [5.74, 6) is 0.880. The van der Waals surface area contributed by atoms with Gasteiger partial charge in [-0.25, -0.2) is 0 Å². The van der Waals surface area contributed by atoms with Gasteiger partial charge in [-0.2, -0.15) is 0 Å². The van der Waals surface area contributed by atoms with Crippen LogP contribution in [-0.4, -0.2) is 5.11 Å². The Morgan fingerprint density at radius 2 is 1.36 bits per heavy atom. The van der Waals surface area contributed by atoms with Crippen LogP contribution < -0.4 is 5.32 Å². The Kier molecular flexibility index (Phi) is 5.25. The smallest absolute Gasteiger partial charge is 0.122 e. The molecule has 0 amide bonds. The molecule has 0 fully saturated rings. The molecule has 22 heavy (non-hydrogen) atoms. The fraction of sp³-hybridized carbons (Fsp3) is 0.333. The van der Waals surface area contributed by atoms with Crippen molar-refractivity contribution in [3.63, 3.8) is 0 Å². The minimum atomic E-state index is 0.244. The number of aromatic hydroxyl groups is 1. The second kappa shape index (κ2) is 6.80. The zero-order chi connectivity index (χ0) is 16.4. The van der Waals surface area contributed by atoms with E-state index < -0.39 is 0 Å². The largest absolute Gasteiger partial charge is 0.507 e. The Balaban J connectivity index is 2.44. The minimum Gasteiger partial charge on any atom is -0.507 e. The Morgan fingerprint density at radius 1 is 0.818 bits per heavy atom. The van der Waals surface area contributed by atoms with E-state index in [0.717, 1.165) is 22.5 Å². The van der Waals surface area contributed by atoms with E-state index in [4.69, 9.17) is 23.2 Å². The van der Waals surface area contributed by atoms with Crippen LogP contribution in [0.4, 0.5) is 11.4 Å². The first kappa shape index (κ1) is 17.0. The number of hydrogen-bond acceptors (Lipinski definition) is 2. The monoisotopic (exact) mass is 337 g/mol. The van der Waals surface area contributed by atoms with Gasteiger partial charge in [0.2, 0.25) is 0 Å². The first-order valence-corrected chi connectivity index (χ1v) is 8.14. The highest BCUT2D eigenvalue weighted by Crippen LogP contribution is 2.37. The maximum atomic E-state index is 10.4. The van der Waals surface area contributed by atoms with E-state index in [2.05, 4.69) is 33.0 Å². The van der Waals surface area contributed by atoms with Gasteiger partial charge in [0.15, 0.2) is 0 Å². The summed E-state index contributed by atoms with van der Waals surface area (Å²) in [6, 6.07) is 9.40. The van der Waals surface area contributed by atoms with Crippen molar-refractivity contribution in [3.05, 3.63) is 51.5 Å². The number of phenols is 1. The predicted octanol–water partition coefficient (Wildman–Crippen LogP) is 6.69. The van der Waals surface area contributed by atoms with Crippen molar-refractivity contribution >= 4 is 34.6 Å². The Bertz CT molecular complexity index is 652. The van der Waals surface area contributed by atoms with E-state index in [1.54, 1.807) is 12.1 Å². The molecule has 2 aromatic carbocycles.